The number of benzene rings is 1. The van der Waals surface area contributed by atoms with Crippen LogP contribution in [0.25, 0.3) is 0 Å². The van der Waals surface area contributed by atoms with E-state index < -0.39 is 22.2 Å². The predicted octanol–water partition coefficient (Wildman–Crippen LogP) is 1.80. The van der Waals surface area contributed by atoms with E-state index in [1.807, 2.05) is 30.3 Å². The molecule has 0 spiro atoms. The zero-order valence-corrected chi connectivity index (χ0v) is 15.9. The third-order valence-corrected chi connectivity index (χ3v) is 7.04. The van der Waals surface area contributed by atoms with E-state index >= 15 is 0 Å². The molecule has 26 heavy (non-hydrogen) atoms. The number of hydrogen-bond donors (Lipinski definition) is 0. The van der Waals surface area contributed by atoms with Gasteiger partial charge < -0.3 is 9.47 Å². The summed E-state index contributed by atoms with van der Waals surface area (Å²) in [5, 5.41) is 0. The highest BCUT2D eigenvalue weighted by Crippen LogP contribution is 2.26. The van der Waals surface area contributed by atoms with Crippen molar-refractivity contribution in [2.45, 2.75) is 44.2 Å². The molecule has 0 aromatic heterocycles. The quantitative estimate of drug-likeness (QED) is 0.726. The lowest BCUT2D eigenvalue weighted by atomic mass is 10.1. The maximum atomic E-state index is 13.0. The van der Waals surface area contributed by atoms with Gasteiger partial charge >= 0.3 is 5.97 Å². The lowest BCUT2D eigenvalue weighted by Gasteiger charge is -2.38. The Morgan fingerprint density at radius 1 is 1.04 bits per heavy atom. The lowest BCUT2D eigenvalue weighted by molar-refractivity contribution is -0.146. The molecular weight excluding hydrogens is 356 g/mol. The third kappa shape index (κ3) is 4.19. The van der Waals surface area contributed by atoms with Crippen LogP contribution in [0.15, 0.2) is 30.3 Å². The molecule has 0 bridgehead atoms. The number of rotatable bonds is 5. The van der Waals surface area contributed by atoms with Crippen molar-refractivity contribution in [1.82, 2.24) is 8.61 Å². The first-order valence-corrected chi connectivity index (χ1v) is 10.5. The first-order chi connectivity index (χ1) is 12.5. The van der Waals surface area contributed by atoms with Crippen molar-refractivity contribution < 1.29 is 22.7 Å². The molecule has 0 amide bonds. The number of carbonyl (C=O) groups is 1. The van der Waals surface area contributed by atoms with Gasteiger partial charge in [-0.3, -0.25) is 4.79 Å². The van der Waals surface area contributed by atoms with Crippen LogP contribution in [-0.4, -0.2) is 61.9 Å². The van der Waals surface area contributed by atoms with E-state index in [2.05, 4.69) is 0 Å². The average Bonchev–Trinajstić information content (AvgIpc) is 2.68. The molecule has 144 valence electrons. The van der Waals surface area contributed by atoms with Crippen LogP contribution < -0.4 is 4.74 Å². The Labute approximate surface area is 155 Å². The number of hydrogen-bond acceptors (Lipinski definition) is 5. The van der Waals surface area contributed by atoms with Gasteiger partial charge in [0.15, 0.2) is 0 Å². The zero-order chi connectivity index (χ0) is 18.6. The van der Waals surface area contributed by atoms with Crippen LogP contribution in [0.3, 0.4) is 0 Å². The Bertz CT molecular complexity index is 702. The van der Waals surface area contributed by atoms with E-state index in [1.165, 1.54) is 15.7 Å². The van der Waals surface area contributed by atoms with Crippen LogP contribution in [0.2, 0.25) is 0 Å². The van der Waals surface area contributed by atoms with Gasteiger partial charge in [-0.1, -0.05) is 18.2 Å². The Balaban J connectivity index is 1.62. The van der Waals surface area contributed by atoms with Gasteiger partial charge in [-0.2, -0.15) is 17.0 Å². The summed E-state index contributed by atoms with van der Waals surface area (Å²) in [6.07, 6.45) is 3.37. The molecule has 2 aliphatic rings. The van der Waals surface area contributed by atoms with Gasteiger partial charge in [0.2, 0.25) is 0 Å². The van der Waals surface area contributed by atoms with Crippen molar-refractivity contribution in [1.29, 1.82) is 0 Å². The molecule has 3 rings (SSSR count). The zero-order valence-electron chi connectivity index (χ0n) is 15.0. The van der Waals surface area contributed by atoms with Crippen molar-refractivity contribution in [3.05, 3.63) is 30.3 Å². The van der Waals surface area contributed by atoms with Gasteiger partial charge in [-0.25, -0.2) is 0 Å². The van der Waals surface area contributed by atoms with E-state index in [0.29, 0.717) is 38.9 Å². The molecule has 0 aliphatic carbocycles. The molecule has 1 unspecified atom stereocenters. The Kier molecular flexibility index (Phi) is 6.16. The molecule has 1 aromatic rings. The highest BCUT2D eigenvalue weighted by Gasteiger charge is 2.41. The minimum absolute atomic E-state index is 0.00149. The second kappa shape index (κ2) is 8.37. The van der Waals surface area contributed by atoms with Gasteiger partial charge in [0.05, 0.1) is 7.11 Å². The van der Waals surface area contributed by atoms with E-state index in [1.54, 1.807) is 0 Å². The normalized spacial score (nSPS) is 23.5. The van der Waals surface area contributed by atoms with E-state index in [9.17, 15) is 13.2 Å². The minimum Gasteiger partial charge on any atom is -0.490 e. The Hall–Kier alpha value is -1.64. The van der Waals surface area contributed by atoms with Crippen LogP contribution in [0.1, 0.15) is 32.1 Å². The lowest BCUT2D eigenvalue weighted by Crippen LogP contribution is -2.55. The van der Waals surface area contributed by atoms with Crippen molar-refractivity contribution >= 4 is 16.2 Å². The molecule has 1 atom stereocenters. The second-order valence-electron chi connectivity index (χ2n) is 6.68. The number of para-hydroxylation sites is 1. The number of ether oxygens (including phenoxy) is 2. The van der Waals surface area contributed by atoms with Crippen LogP contribution in [0.4, 0.5) is 0 Å². The third-order valence-electron chi connectivity index (χ3n) is 5.00. The summed E-state index contributed by atoms with van der Waals surface area (Å²) < 4.78 is 39.6. The largest absolute Gasteiger partial charge is 0.490 e. The number of methoxy groups -OCH3 is 1. The summed E-state index contributed by atoms with van der Waals surface area (Å²) in [5.41, 5.74) is 0. The highest BCUT2D eigenvalue weighted by molar-refractivity contribution is 7.86. The smallest absolute Gasteiger partial charge is 0.324 e. The number of carbonyl (C=O) groups excluding carboxylic acids is 1. The van der Waals surface area contributed by atoms with Crippen LogP contribution in [-0.2, 0) is 19.7 Å². The summed E-state index contributed by atoms with van der Waals surface area (Å²) in [6.45, 7) is 1.15. The van der Waals surface area contributed by atoms with Crippen molar-refractivity contribution in [2.24, 2.45) is 0 Å². The topological polar surface area (TPSA) is 76.2 Å². The summed E-state index contributed by atoms with van der Waals surface area (Å²) in [6, 6.07) is 8.85. The predicted molar refractivity (Wildman–Crippen MR) is 96.9 cm³/mol. The first kappa shape index (κ1) is 19.1. The fourth-order valence-electron chi connectivity index (χ4n) is 3.57. The number of esters is 1. The van der Waals surface area contributed by atoms with Gasteiger partial charge in [0.1, 0.15) is 17.9 Å². The van der Waals surface area contributed by atoms with Gasteiger partial charge in [-0.15, -0.1) is 0 Å². The van der Waals surface area contributed by atoms with Gasteiger partial charge in [0, 0.05) is 19.6 Å². The summed E-state index contributed by atoms with van der Waals surface area (Å²) in [4.78, 5) is 12.0. The minimum atomic E-state index is -3.68. The fourth-order valence-corrected chi connectivity index (χ4v) is 5.42. The molecule has 0 N–H and O–H groups in total. The number of piperidine rings is 2. The van der Waals surface area contributed by atoms with Crippen molar-refractivity contribution in [3.8, 4) is 5.75 Å². The molecule has 1 aromatic carbocycles. The standard InChI is InChI=1S/C18H26N2O5S/c1-24-18(21)17-9-5-6-12-20(17)26(22,23)19-13-10-16(11-14-19)25-15-7-3-2-4-8-15/h2-4,7-8,16-17H,5-6,9-14H2,1H3. The average molecular weight is 382 g/mol. The second-order valence-corrected chi connectivity index (χ2v) is 8.56. The molecule has 0 saturated carbocycles. The van der Waals surface area contributed by atoms with Crippen LogP contribution in [0, 0.1) is 0 Å². The fraction of sp³-hybridized carbons (Fsp3) is 0.611. The molecule has 2 fully saturated rings. The molecule has 0 radical (unpaired) electrons. The SMILES string of the molecule is COC(=O)C1CCCCN1S(=O)(=O)N1CCC(Oc2ccccc2)CC1. The maximum Gasteiger partial charge on any atom is 0.324 e. The van der Waals surface area contributed by atoms with Crippen LogP contribution in [0.5, 0.6) is 5.75 Å². The Morgan fingerprint density at radius 3 is 2.38 bits per heavy atom. The molecule has 2 saturated heterocycles. The molecule has 2 heterocycles. The van der Waals surface area contributed by atoms with E-state index in [4.69, 9.17) is 9.47 Å². The first-order valence-electron chi connectivity index (χ1n) is 9.09. The van der Waals surface area contributed by atoms with Gasteiger partial charge in [-0.05, 0) is 44.2 Å². The summed E-state index contributed by atoms with van der Waals surface area (Å²) in [5.74, 6) is 0.325. The summed E-state index contributed by atoms with van der Waals surface area (Å²) >= 11 is 0. The molecule has 2 aliphatic heterocycles. The highest BCUT2D eigenvalue weighted by atomic mass is 32.2. The molecule has 8 heteroatoms. The van der Waals surface area contributed by atoms with Gasteiger partial charge in [0.25, 0.3) is 10.2 Å². The monoisotopic (exact) mass is 382 g/mol. The molecular formula is C18H26N2O5S. The van der Waals surface area contributed by atoms with Crippen molar-refractivity contribution in [3.63, 3.8) is 0 Å². The van der Waals surface area contributed by atoms with Crippen LogP contribution >= 0.6 is 0 Å². The van der Waals surface area contributed by atoms with E-state index in [0.717, 1.165) is 18.6 Å². The number of nitrogens with zero attached hydrogens (tertiary/aromatic N) is 2. The Morgan fingerprint density at radius 2 is 1.73 bits per heavy atom. The molecule has 7 nitrogen and oxygen atoms in total. The van der Waals surface area contributed by atoms with Crippen molar-refractivity contribution in [2.75, 3.05) is 26.7 Å². The van der Waals surface area contributed by atoms with E-state index in [-0.39, 0.29) is 6.10 Å². The maximum absolute atomic E-state index is 13.0. The summed E-state index contributed by atoms with van der Waals surface area (Å²) in [7, 11) is -2.38.